The Hall–Kier alpha value is -4.64. The Morgan fingerprint density at radius 3 is 2.86 bits per heavy atom. The number of anilines is 2. The molecular weight excluding hydrogens is 546 g/mol. The van der Waals surface area contributed by atoms with Gasteiger partial charge >= 0.3 is 5.97 Å². The van der Waals surface area contributed by atoms with Crippen LogP contribution >= 0.6 is 0 Å². The van der Waals surface area contributed by atoms with Crippen molar-refractivity contribution in [1.29, 1.82) is 0 Å². The lowest BCUT2D eigenvalue weighted by atomic mass is 9.91. The zero-order chi connectivity index (χ0) is 29.7. The van der Waals surface area contributed by atoms with Crippen LogP contribution in [0.1, 0.15) is 64.4 Å². The number of amides is 1. The van der Waals surface area contributed by atoms with Crippen LogP contribution in [-0.4, -0.2) is 37.3 Å². The highest BCUT2D eigenvalue weighted by Gasteiger charge is 2.31. The van der Waals surface area contributed by atoms with Crippen LogP contribution < -0.4 is 21.5 Å². The zero-order valence-corrected chi connectivity index (χ0v) is 24.4. The van der Waals surface area contributed by atoms with Crippen LogP contribution in [0.3, 0.4) is 0 Å². The van der Waals surface area contributed by atoms with Crippen LogP contribution in [0.2, 0.25) is 0 Å². The van der Waals surface area contributed by atoms with Crippen molar-refractivity contribution in [2.75, 3.05) is 11.9 Å². The SMILES string of the molecule is CC(=O)OCc1c(-c2cc(Nc3cc4n(n3)CCNC4)c(=O)n(C)c2)cccc1C1Cn2c(cc3c2CCCC3)C(=O)N1. The maximum Gasteiger partial charge on any atom is 0.302 e. The van der Waals surface area contributed by atoms with E-state index in [9.17, 15) is 14.4 Å². The molecule has 2 aliphatic heterocycles. The second-order valence-corrected chi connectivity index (χ2v) is 11.6. The van der Waals surface area contributed by atoms with Gasteiger partial charge in [0.15, 0.2) is 5.82 Å². The Labute approximate surface area is 248 Å². The Morgan fingerprint density at radius 2 is 2.02 bits per heavy atom. The van der Waals surface area contributed by atoms with Gasteiger partial charge in [0, 0.05) is 62.7 Å². The third-order valence-electron chi connectivity index (χ3n) is 8.75. The maximum atomic E-state index is 13.3. The van der Waals surface area contributed by atoms with Crippen LogP contribution in [-0.2, 0) is 55.7 Å². The normalized spacial score (nSPS) is 17.4. The van der Waals surface area contributed by atoms with Gasteiger partial charge in [0.05, 0.1) is 18.3 Å². The number of aromatic nitrogens is 4. The molecule has 1 amide bonds. The lowest BCUT2D eigenvalue weighted by Crippen LogP contribution is -2.39. The van der Waals surface area contributed by atoms with Crippen molar-refractivity contribution in [3.05, 3.63) is 86.7 Å². The summed E-state index contributed by atoms with van der Waals surface area (Å²) in [7, 11) is 1.72. The molecule has 1 unspecified atom stereocenters. The average Bonchev–Trinajstić information content (AvgIpc) is 3.59. The molecule has 7 rings (SSSR count). The molecule has 0 radical (unpaired) electrons. The van der Waals surface area contributed by atoms with Crippen molar-refractivity contribution in [2.24, 2.45) is 7.05 Å². The summed E-state index contributed by atoms with van der Waals surface area (Å²) < 4.78 is 11.2. The Morgan fingerprint density at radius 1 is 1.16 bits per heavy atom. The van der Waals surface area contributed by atoms with Crippen LogP contribution in [0, 0.1) is 0 Å². The molecule has 43 heavy (non-hydrogen) atoms. The van der Waals surface area contributed by atoms with Crippen molar-refractivity contribution in [2.45, 2.75) is 64.9 Å². The zero-order valence-electron chi connectivity index (χ0n) is 24.4. The number of carbonyl (C=O) groups excluding carboxylic acids is 2. The van der Waals surface area contributed by atoms with Gasteiger partial charge in [-0.3, -0.25) is 19.1 Å². The number of hydrogen-bond acceptors (Lipinski definition) is 7. The van der Waals surface area contributed by atoms with Gasteiger partial charge in [0.2, 0.25) is 0 Å². The third kappa shape index (κ3) is 5.03. The van der Waals surface area contributed by atoms with E-state index in [4.69, 9.17) is 4.74 Å². The molecule has 4 aromatic rings. The molecule has 3 aromatic heterocycles. The number of carbonyl (C=O) groups is 2. The highest BCUT2D eigenvalue weighted by molar-refractivity contribution is 5.94. The molecule has 3 aliphatic rings. The van der Waals surface area contributed by atoms with Gasteiger partial charge in [-0.1, -0.05) is 18.2 Å². The number of nitrogens with zero attached hydrogens (tertiary/aromatic N) is 4. The summed E-state index contributed by atoms with van der Waals surface area (Å²) in [5, 5.41) is 14.4. The first-order valence-electron chi connectivity index (χ1n) is 14.9. The molecule has 222 valence electrons. The number of hydrogen-bond donors (Lipinski definition) is 3. The lowest BCUT2D eigenvalue weighted by molar-refractivity contribution is -0.142. The molecule has 0 saturated carbocycles. The summed E-state index contributed by atoms with van der Waals surface area (Å²) in [4.78, 5) is 38.5. The molecular formula is C32H35N7O4. The van der Waals surface area contributed by atoms with Gasteiger partial charge in [0.25, 0.3) is 11.5 Å². The fraction of sp³-hybridized carbons (Fsp3) is 0.375. The van der Waals surface area contributed by atoms with Crippen molar-refractivity contribution >= 4 is 23.4 Å². The van der Waals surface area contributed by atoms with Gasteiger partial charge in [-0.2, -0.15) is 5.10 Å². The number of esters is 1. The number of benzene rings is 1. The summed E-state index contributed by atoms with van der Waals surface area (Å²) in [6.07, 6.45) is 6.03. The summed E-state index contributed by atoms with van der Waals surface area (Å²) in [6, 6.07) is 11.4. The molecule has 0 bridgehead atoms. The monoisotopic (exact) mass is 581 g/mol. The van der Waals surface area contributed by atoms with Crippen LogP contribution in [0.5, 0.6) is 0 Å². The van der Waals surface area contributed by atoms with E-state index < -0.39 is 5.97 Å². The van der Waals surface area contributed by atoms with E-state index >= 15 is 0 Å². The number of rotatable bonds is 6. The third-order valence-corrected chi connectivity index (χ3v) is 8.75. The molecule has 5 heterocycles. The molecule has 0 saturated heterocycles. The van der Waals surface area contributed by atoms with Gasteiger partial charge in [0.1, 0.15) is 18.0 Å². The summed E-state index contributed by atoms with van der Waals surface area (Å²) in [5.41, 5.74) is 7.77. The first-order valence-corrected chi connectivity index (χ1v) is 14.9. The Kier molecular flexibility index (Phi) is 6.89. The molecule has 1 aliphatic carbocycles. The minimum atomic E-state index is -0.392. The van der Waals surface area contributed by atoms with E-state index in [1.165, 1.54) is 22.7 Å². The van der Waals surface area contributed by atoms with E-state index in [0.717, 1.165) is 73.3 Å². The average molecular weight is 582 g/mol. The topological polar surface area (TPSA) is 124 Å². The van der Waals surface area contributed by atoms with Gasteiger partial charge in [-0.05, 0) is 54.5 Å². The minimum absolute atomic E-state index is 0.0379. The lowest BCUT2D eigenvalue weighted by Gasteiger charge is -2.30. The summed E-state index contributed by atoms with van der Waals surface area (Å²) in [6.45, 7) is 4.37. The second-order valence-electron chi connectivity index (χ2n) is 11.6. The smallest absolute Gasteiger partial charge is 0.302 e. The van der Waals surface area contributed by atoms with Crippen molar-refractivity contribution in [3.63, 3.8) is 0 Å². The number of fused-ring (bicyclic) bond motifs is 4. The Bertz CT molecular complexity index is 1790. The summed E-state index contributed by atoms with van der Waals surface area (Å²) >= 11 is 0. The Balaban J connectivity index is 1.28. The van der Waals surface area contributed by atoms with Crippen molar-refractivity contribution in [3.8, 4) is 11.1 Å². The first kappa shape index (κ1) is 27.2. The van der Waals surface area contributed by atoms with E-state index in [2.05, 4.69) is 25.6 Å². The predicted molar refractivity (Wildman–Crippen MR) is 161 cm³/mol. The van der Waals surface area contributed by atoms with E-state index in [0.29, 0.717) is 23.7 Å². The minimum Gasteiger partial charge on any atom is -0.461 e. The molecule has 0 fully saturated rings. The largest absolute Gasteiger partial charge is 0.461 e. The van der Waals surface area contributed by atoms with Crippen LogP contribution in [0.15, 0.2) is 47.4 Å². The fourth-order valence-electron chi connectivity index (χ4n) is 6.67. The second kappa shape index (κ2) is 10.9. The highest BCUT2D eigenvalue weighted by atomic mass is 16.5. The summed E-state index contributed by atoms with van der Waals surface area (Å²) in [5.74, 6) is 0.120. The van der Waals surface area contributed by atoms with Gasteiger partial charge in [-0.25, -0.2) is 0 Å². The van der Waals surface area contributed by atoms with Gasteiger partial charge in [-0.15, -0.1) is 0 Å². The molecule has 1 atom stereocenters. The standard InChI is InChI=1S/C32H35N7O4/c1-19(40)43-18-25-23(21-12-26(32(42)37(2)16-21)34-30-14-22-15-33-10-11-39(22)36-30)7-5-8-24(25)27-17-38-28-9-4-3-6-20(28)13-29(38)31(41)35-27/h5,7-8,12-14,16,27,33H,3-4,6,9-11,15,17-18H2,1-2H3,(H,34,36)(H,35,41). The number of pyridine rings is 1. The fourth-order valence-corrected chi connectivity index (χ4v) is 6.67. The molecule has 1 aromatic carbocycles. The van der Waals surface area contributed by atoms with E-state index in [-0.39, 0.29) is 24.1 Å². The maximum absolute atomic E-state index is 13.3. The quantitative estimate of drug-likeness (QED) is 0.299. The molecule has 11 nitrogen and oxygen atoms in total. The molecule has 3 N–H and O–H groups in total. The van der Waals surface area contributed by atoms with Crippen LogP contribution in [0.4, 0.5) is 11.5 Å². The number of aryl methyl sites for hydroxylation is 2. The predicted octanol–water partition coefficient (Wildman–Crippen LogP) is 3.32. The van der Waals surface area contributed by atoms with E-state index in [1.54, 1.807) is 13.2 Å². The number of ether oxygens (including phenoxy) is 1. The first-order chi connectivity index (χ1) is 20.9. The van der Waals surface area contributed by atoms with Crippen molar-refractivity contribution < 1.29 is 14.3 Å². The molecule has 11 heteroatoms. The molecule has 0 spiro atoms. The van der Waals surface area contributed by atoms with Crippen LogP contribution in [0.25, 0.3) is 11.1 Å². The van der Waals surface area contributed by atoms with Gasteiger partial charge < -0.3 is 29.8 Å². The number of nitrogens with one attached hydrogen (secondary N) is 3. The van der Waals surface area contributed by atoms with E-state index in [1.807, 2.05) is 41.1 Å². The van der Waals surface area contributed by atoms with Crippen molar-refractivity contribution in [1.82, 2.24) is 29.5 Å². The highest BCUT2D eigenvalue weighted by Crippen LogP contribution is 2.35.